The summed E-state index contributed by atoms with van der Waals surface area (Å²) in [6.07, 6.45) is 0. The van der Waals surface area contributed by atoms with Gasteiger partial charge in [-0.2, -0.15) is 0 Å². The van der Waals surface area contributed by atoms with Gasteiger partial charge in [0, 0.05) is 44.3 Å². The number of anilines is 1. The Morgan fingerprint density at radius 3 is 2.59 bits per heavy atom. The van der Waals surface area contributed by atoms with E-state index in [9.17, 15) is 9.59 Å². The Labute approximate surface area is 163 Å². The number of halogens is 1. The van der Waals surface area contributed by atoms with Gasteiger partial charge in [0.05, 0.1) is 17.9 Å². The zero-order valence-electron chi connectivity index (χ0n) is 15.3. The van der Waals surface area contributed by atoms with Crippen molar-refractivity contribution in [2.45, 2.75) is 6.92 Å². The van der Waals surface area contributed by atoms with Crippen LogP contribution in [-0.2, 0) is 9.53 Å². The van der Waals surface area contributed by atoms with Gasteiger partial charge in [0.2, 0.25) is 5.91 Å². The highest BCUT2D eigenvalue weighted by Gasteiger charge is 2.14. The third-order valence-corrected chi connectivity index (χ3v) is 3.88. The van der Waals surface area contributed by atoms with Crippen molar-refractivity contribution < 1.29 is 14.3 Å². The predicted octanol–water partition coefficient (Wildman–Crippen LogP) is 2.33. The average molecular weight is 391 g/mol. The molecule has 0 radical (unpaired) electrons. The number of hydrogen-bond donors (Lipinski definition) is 3. The second-order valence-corrected chi connectivity index (χ2v) is 6.20. The first-order valence-corrected chi connectivity index (χ1v) is 8.91. The summed E-state index contributed by atoms with van der Waals surface area (Å²) in [4.78, 5) is 28.0. The number of carbonyl (C=O) groups is 2. The van der Waals surface area contributed by atoms with Gasteiger partial charge in [0.15, 0.2) is 0 Å². The zero-order chi connectivity index (χ0) is 19.6. The number of pyridine rings is 1. The summed E-state index contributed by atoms with van der Waals surface area (Å²) < 4.78 is 5.05. The molecule has 0 bridgehead atoms. The first-order valence-electron chi connectivity index (χ1n) is 8.53. The maximum atomic E-state index is 12.5. The number of nitrogens with zero attached hydrogens (tertiary/aromatic N) is 1. The summed E-state index contributed by atoms with van der Waals surface area (Å²) in [5.74, 6) is 0.0469. The van der Waals surface area contributed by atoms with E-state index in [1.54, 1.807) is 25.3 Å². The standard InChI is InChI=1S/C19H23ClN4O3/c1-13(25)21-8-9-23-19(26)16-6-7-17(14-4-3-5-15(20)12-14)24-18(16)22-10-11-27-2/h3-7,12H,8-11H2,1-2H3,(H,21,25)(H,22,24)(H,23,26). The predicted molar refractivity (Wildman–Crippen MR) is 106 cm³/mol. The van der Waals surface area contributed by atoms with Crippen molar-refractivity contribution in [3.8, 4) is 11.3 Å². The molecule has 7 nitrogen and oxygen atoms in total. The van der Waals surface area contributed by atoms with E-state index in [0.717, 1.165) is 5.56 Å². The van der Waals surface area contributed by atoms with Crippen LogP contribution in [-0.4, -0.2) is 50.1 Å². The Morgan fingerprint density at radius 2 is 1.89 bits per heavy atom. The van der Waals surface area contributed by atoms with Crippen LogP contribution in [0.2, 0.25) is 5.02 Å². The lowest BCUT2D eigenvalue weighted by atomic mass is 10.1. The van der Waals surface area contributed by atoms with Crippen LogP contribution < -0.4 is 16.0 Å². The van der Waals surface area contributed by atoms with E-state index in [1.807, 2.05) is 18.2 Å². The molecule has 1 aromatic carbocycles. The number of nitrogens with one attached hydrogen (secondary N) is 3. The van der Waals surface area contributed by atoms with Crippen molar-refractivity contribution in [1.82, 2.24) is 15.6 Å². The van der Waals surface area contributed by atoms with Gasteiger partial charge in [-0.1, -0.05) is 23.7 Å². The largest absolute Gasteiger partial charge is 0.383 e. The van der Waals surface area contributed by atoms with Crippen LogP contribution >= 0.6 is 11.6 Å². The summed E-state index contributed by atoms with van der Waals surface area (Å²) in [6.45, 7) is 3.10. The molecule has 144 valence electrons. The van der Waals surface area contributed by atoms with Crippen molar-refractivity contribution in [3.63, 3.8) is 0 Å². The quantitative estimate of drug-likeness (QED) is 0.571. The molecule has 0 atom stereocenters. The molecule has 1 heterocycles. The fourth-order valence-corrected chi connectivity index (χ4v) is 2.56. The van der Waals surface area contributed by atoms with Crippen molar-refractivity contribution in [2.75, 3.05) is 38.7 Å². The molecular formula is C19H23ClN4O3. The van der Waals surface area contributed by atoms with Gasteiger partial charge >= 0.3 is 0 Å². The number of carbonyl (C=O) groups excluding carboxylic acids is 2. The molecule has 27 heavy (non-hydrogen) atoms. The summed E-state index contributed by atoms with van der Waals surface area (Å²) in [7, 11) is 1.60. The van der Waals surface area contributed by atoms with Crippen molar-refractivity contribution in [2.24, 2.45) is 0 Å². The summed E-state index contributed by atoms with van der Waals surface area (Å²) >= 11 is 6.06. The van der Waals surface area contributed by atoms with Crippen LogP contribution in [0.25, 0.3) is 11.3 Å². The topological polar surface area (TPSA) is 92.3 Å². The van der Waals surface area contributed by atoms with Crippen LogP contribution in [0.4, 0.5) is 5.82 Å². The first-order chi connectivity index (χ1) is 13.0. The highest BCUT2D eigenvalue weighted by molar-refractivity contribution is 6.30. The smallest absolute Gasteiger partial charge is 0.255 e. The van der Waals surface area contributed by atoms with Crippen molar-refractivity contribution >= 4 is 29.2 Å². The maximum Gasteiger partial charge on any atom is 0.255 e. The third kappa shape index (κ3) is 6.54. The number of methoxy groups -OCH3 is 1. The molecule has 0 aliphatic carbocycles. The summed E-state index contributed by atoms with van der Waals surface area (Å²) in [6, 6.07) is 10.8. The van der Waals surface area contributed by atoms with Gasteiger partial charge < -0.3 is 20.7 Å². The molecule has 0 aliphatic rings. The lowest BCUT2D eigenvalue weighted by molar-refractivity contribution is -0.118. The zero-order valence-corrected chi connectivity index (χ0v) is 16.1. The Bertz CT molecular complexity index is 798. The van der Waals surface area contributed by atoms with E-state index in [1.165, 1.54) is 6.92 Å². The number of benzene rings is 1. The molecule has 0 aliphatic heterocycles. The fourth-order valence-electron chi connectivity index (χ4n) is 2.37. The van der Waals surface area contributed by atoms with E-state index in [0.29, 0.717) is 48.3 Å². The monoisotopic (exact) mass is 390 g/mol. The van der Waals surface area contributed by atoms with Gasteiger partial charge in [-0.05, 0) is 24.3 Å². The molecular weight excluding hydrogens is 368 g/mol. The number of rotatable bonds is 9. The van der Waals surface area contributed by atoms with Crippen LogP contribution in [0.15, 0.2) is 36.4 Å². The molecule has 8 heteroatoms. The molecule has 0 unspecified atom stereocenters. The average Bonchev–Trinajstić information content (AvgIpc) is 2.65. The summed E-state index contributed by atoms with van der Waals surface area (Å²) in [5, 5.41) is 9.14. The molecule has 0 saturated heterocycles. The summed E-state index contributed by atoms with van der Waals surface area (Å²) in [5.41, 5.74) is 1.97. The fraction of sp³-hybridized carbons (Fsp3) is 0.316. The van der Waals surface area contributed by atoms with Gasteiger partial charge in [-0.15, -0.1) is 0 Å². The molecule has 0 spiro atoms. The number of hydrogen-bond acceptors (Lipinski definition) is 5. The van der Waals surface area contributed by atoms with Crippen molar-refractivity contribution in [1.29, 1.82) is 0 Å². The van der Waals surface area contributed by atoms with Gasteiger partial charge in [-0.3, -0.25) is 9.59 Å². The molecule has 0 saturated carbocycles. The Hall–Kier alpha value is -2.64. The molecule has 1 aromatic heterocycles. The first kappa shape index (κ1) is 20.7. The highest BCUT2D eigenvalue weighted by Crippen LogP contribution is 2.24. The van der Waals surface area contributed by atoms with E-state index in [2.05, 4.69) is 20.9 Å². The van der Waals surface area contributed by atoms with Gasteiger partial charge in [-0.25, -0.2) is 4.98 Å². The Kier molecular flexibility index (Phi) is 8.03. The SMILES string of the molecule is COCCNc1nc(-c2cccc(Cl)c2)ccc1C(=O)NCCNC(C)=O. The molecule has 0 fully saturated rings. The van der Waals surface area contributed by atoms with Crippen LogP contribution in [0.5, 0.6) is 0 Å². The normalized spacial score (nSPS) is 10.3. The van der Waals surface area contributed by atoms with Crippen LogP contribution in [0.1, 0.15) is 17.3 Å². The van der Waals surface area contributed by atoms with Crippen LogP contribution in [0, 0.1) is 0 Å². The number of ether oxygens (including phenoxy) is 1. The van der Waals surface area contributed by atoms with Gasteiger partial charge in [0.25, 0.3) is 5.91 Å². The molecule has 3 N–H and O–H groups in total. The number of amides is 2. The van der Waals surface area contributed by atoms with Gasteiger partial charge in [0.1, 0.15) is 5.82 Å². The highest BCUT2D eigenvalue weighted by atomic mass is 35.5. The van der Waals surface area contributed by atoms with E-state index in [4.69, 9.17) is 16.3 Å². The number of aromatic nitrogens is 1. The molecule has 2 aromatic rings. The lowest BCUT2D eigenvalue weighted by Crippen LogP contribution is -2.34. The molecule has 2 rings (SSSR count). The van der Waals surface area contributed by atoms with E-state index < -0.39 is 0 Å². The minimum absolute atomic E-state index is 0.140. The van der Waals surface area contributed by atoms with Crippen molar-refractivity contribution in [3.05, 3.63) is 47.0 Å². The Morgan fingerprint density at radius 1 is 1.11 bits per heavy atom. The molecule has 2 amide bonds. The Balaban J connectivity index is 2.19. The lowest BCUT2D eigenvalue weighted by Gasteiger charge is -2.13. The van der Waals surface area contributed by atoms with E-state index in [-0.39, 0.29) is 11.8 Å². The third-order valence-electron chi connectivity index (χ3n) is 3.64. The van der Waals surface area contributed by atoms with Crippen LogP contribution in [0.3, 0.4) is 0 Å². The van der Waals surface area contributed by atoms with E-state index >= 15 is 0 Å². The second kappa shape index (κ2) is 10.5. The second-order valence-electron chi connectivity index (χ2n) is 5.76. The minimum atomic E-state index is -0.273. The maximum absolute atomic E-state index is 12.5. The minimum Gasteiger partial charge on any atom is -0.383 e.